The molecule has 4 aromatic rings. The highest BCUT2D eigenvalue weighted by atomic mass is 35.5. The highest BCUT2D eigenvalue weighted by Crippen LogP contribution is 2.36. The number of phenolic OH excluding ortho intramolecular Hbond substituents is 1. The lowest BCUT2D eigenvalue weighted by molar-refractivity contribution is 0.284. The Labute approximate surface area is 248 Å². The van der Waals surface area contributed by atoms with Gasteiger partial charge in [-0.2, -0.15) is 0 Å². The van der Waals surface area contributed by atoms with Gasteiger partial charge >= 0.3 is 0 Å². The Morgan fingerprint density at radius 1 is 0.976 bits per heavy atom. The fraction of sp³-hybridized carbons (Fsp3) is 0.138. The molecule has 4 rings (SSSR count). The van der Waals surface area contributed by atoms with E-state index in [2.05, 4.69) is 4.72 Å². The summed E-state index contributed by atoms with van der Waals surface area (Å²) in [4.78, 5) is 1.44. The van der Waals surface area contributed by atoms with Crippen molar-refractivity contribution in [1.82, 2.24) is 4.72 Å². The van der Waals surface area contributed by atoms with Crippen molar-refractivity contribution in [3.05, 3.63) is 106 Å². The van der Waals surface area contributed by atoms with Crippen molar-refractivity contribution in [3.63, 3.8) is 0 Å². The summed E-state index contributed by atoms with van der Waals surface area (Å²) in [6.45, 7) is 0.491. The van der Waals surface area contributed by atoms with Crippen LogP contribution in [0.2, 0.25) is 10.0 Å². The molecule has 0 spiro atoms. The van der Waals surface area contributed by atoms with Crippen molar-refractivity contribution in [2.45, 2.75) is 11.5 Å². The molecule has 0 atom stereocenters. The zero-order valence-electron chi connectivity index (χ0n) is 22.0. The number of nitrogens with one attached hydrogen (secondary N) is 2. The number of hydrogen-bond donors (Lipinski definition) is 4. The molecule has 4 aromatic carbocycles. The third kappa shape index (κ3) is 7.42. The van der Waals surface area contributed by atoms with Crippen molar-refractivity contribution in [2.24, 2.45) is 5.73 Å². The second-order valence-corrected chi connectivity index (χ2v) is 11.4. The average Bonchev–Trinajstić information content (AvgIpc) is 2.96. The average molecular weight is 616 g/mol. The lowest BCUT2D eigenvalue weighted by Gasteiger charge is -2.26. The fourth-order valence-electron chi connectivity index (χ4n) is 4.02. The normalized spacial score (nSPS) is 11.2. The summed E-state index contributed by atoms with van der Waals surface area (Å²) in [5.74, 6) is 0.373. The smallest absolute Gasteiger partial charge is 0.244 e. The van der Waals surface area contributed by atoms with Gasteiger partial charge in [-0.3, -0.25) is 5.41 Å². The number of nitrogens with zero attached hydrogens (tertiary/aromatic N) is 1. The molecule has 0 aliphatic heterocycles. The zero-order valence-corrected chi connectivity index (χ0v) is 24.3. The monoisotopic (exact) mass is 614 g/mol. The standard InChI is InChI=1S/C29H28Cl2N4O5S/c1-39-26-17-23(11-12-25(26)40-18-19-5-3-2-4-6-19)35(22-9-7-20(8-10-22)29(32)33)14-13-34-41(37,38)27-16-21(30)15-24(31)28(27)36/h2-12,15-17,34,36H,13-14,18H2,1H3,(H3,32,33). The minimum atomic E-state index is -4.15. The number of benzene rings is 4. The molecule has 0 bridgehead atoms. The molecule has 0 fully saturated rings. The number of nitrogens with two attached hydrogens (primary N) is 1. The summed E-state index contributed by atoms with van der Waals surface area (Å²) in [5.41, 5.74) is 8.57. The van der Waals surface area contributed by atoms with Gasteiger partial charge < -0.3 is 25.2 Å². The van der Waals surface area contributed by atoms with Crippen LogP contribution < -0.4 is 24.8 Å². The number of phenols is 1. The predicted octanol–water partition coefficient (Wildman–Crippen LogP) is 5.69. The van der Waals surface area contributed by atoms with Gasteiger partial charge in [0, 0.05) is 41.1 Å². The molecule has 12 heteroatoms. The lowest BCUT2D eigenvalue weighted by atomic mass is 10.1. The van der Waals surface area contributed by atoms with Gasteiger partial charge in [-0.15, -0.1) is 0 Å². The van der Waals surface area contributed by atoms with Crippen LogP contribution in [0, 0.1) is 5.41 Å². The van der Waals surface area contributed by atoms with Crippen LogP contribution in [-0.2, 0) is 16.6 Å². The Bertz CT molecular complexity index is 1640. The molecule has 9 nitrogen and oxygen atoms in total. The minimum Gasteiger partial charge on any atom is -0.505 e. The van der Waals surface area contributed by atoms with Gasteiger partial charge in [0.1, 0.15) is 17.3 Å². The van der Waals surface area contributed by atoms with Crippen molar-refractivity contribution < 1.29 is 23.0 Å². The van der Waals surface area contributed by atoms with Gasteiger partial charge in [0.25, 0.3) is 0 Å². The molecule has 0 heterocycles. The Hall–Kier alpha value is -3.96. The van der Waals surface area contributed by atoms with Crippen LogP contribution in [0.1, 0.15) is 11.1 Å². The largest absolute Gasteiger partial charge is 0.505 e. The number of halogens is 2. The van der Waals surface area contributed by atoms with E-state index in [0.717, 1.165) is 11.6 Å². The first kappa shape index (κ1) is 30.0. The van der Waals surface area contributed by atoms with E-state index in [4.69, 9.17) is 43.8 Å². The zero-order chi connectivity index (χ0) is 29.6. The first-order valence-corrected chi connectivity index (χ1v) is 14.6. The third-order valence-corrected chi connectivity index (χ3v) is 8.08. The maximum Gasteiger partial charge on any atom is 0.244 e. The lowest BCUT2D eigenvalue weighted by Crippen LogP contribution is -2.33. The molecule has 0 aliphatic carbocycles. The summed E-state index contributed by atoms with van der Waals surface area (Å²) in [6.07, 6.45) is 0. The molecule has 0 aliphatic rings. The van der Waals surface area contributed by atoms with Crippen LogP contribution in [0.3, 0.4) is 0 Å². The number of amidine groups is 1. The van der Waals surface area contributed by atoms with Crippen molar-refractivity contribution in [2.75, 3.05) is 25.1 Å². The molecule has 0 aromatic heterocycles. The van der Waals surface area contributed by atoms with E-state index in [0.29, 0.717) is 35.0 Å². The number of anilines is 2. The number of sulfonamides is 1. The molecular formula is C29H28Cl2N4O5S. The van der Waals surface area contributed by atoms with Crippen LogP contribution in [0.4, 0.5) is 11.4 Å². The van der Waals surface area contributed by atoms with Gasteiger partial charge in [-0.25, -0.2) is 13.1 Å². The van der Waals surface area contributed by atoms with Crippen LogP contribution >= 0.6 is 23.2 Å². The topological polar surface area (TPSA) is 138 Å². The van der Waals surface area contributed by atoms with Gasteiger partial charge in [0.15, 0.2) is 17.2 Å². The van der Waals surface area contributed by atoms with Crippen molar-refractivity contribution >= 4 is 50.4 Å². The van der Waals surface area contributed by atoms with E-state index in [1.54, 1.807) is 36.4 Å². The number of aromatic hydroxyl groups is 1. The third-order valence-electron chi connectivity index (χ3n) is 6.10. The first-order chi connectivity index (χ1) is 19.6. The molecular weight excluding hydrogens is 587 g/mol. The Kier molecular flexibility index (Phi) is 9.61. The molecule has 41 heavy (non-hydrogen) atoms. The minimum absolute atomic E-state index is 0.0467. The van der Waals surface area contributed by atoms with Crippen LogP contribution in [0.25, 0.3) is 0 Å². The second-order valence-electron chi connectivity index (χ2n) is 8.85. The highest BCUT2D eigenvalue weighted by Gasteiger charge is 2.22. The number of nitrogen functional groups attached to an aromatic ring is 1. The van der Waals surface area contributed by atoms with E-state index in [-0.39, 0.29) is 29.0 Å². The number of ether oxygens (including phenoxy) is 2. The molecule has 5 N–H and O–H groups in total. The first-order valence-electron chi connectivity index (χ1n) is 12.3. The summed E-state index contributed by atoms with van der Waals surface area (Å²) in [5, 5.41) is 17.8. The molecule has 0 radical (unpaired) electrons. The van der Waals surface area contributed by atoms with E-state index >= 15 is 0 Å². The summed E-state index contributed by atoms with van der Waals surface area (Å²) >= 11 is 11.9. The summed E-state index contributed by atoms with van der Waals surface area (Å²) in [6, 6.07) is 24.5. The van der Waals surface area contributed by atoms with Gasteiger partial charge in [0.05, 0.1) is 12.1 Å². The summed E-state index contributed by atoms with van der Waals surface area (Å²) in [7, 11) is -2.61. The quantitative estimate of drug-likeness (QED) is 0.119. The summed E-state index contributed by atoms with van der Waals surface area (Å²) < 4.78 is 40.0. The Morgan fingerprint density at radius 2 is 1.66 bits per heavy atom. The SMILES string of the molecule is COc1cc(N(CCNS(=O)(=O)c2cc(Cl)cc(Cl)c2O)c2ccc(C(=N)N)cc2)ccc1OCc1ccccc1. The van der Waals surface area contributed by atoms with E-state index in [9.17, 15) is 13.5 Å². The van der Waals surface area contributed by atoms with Crippen LogP contribution in [0.15, 0.2) is 89.8 Å². The predicted molar refractivity (Wildman–Crippen MR) is 162 cm³/mol. The molecule has 0 amide bonds. The van der Waals surface area contributed by atoms with Crippen LogP contribution in [-0.4, -0.2) is 39.6 Å². The van der Waals surface area contributed by atoms with E-state index in [1.807, 2.05) is 41.3 Å². The molecule has 0 saturated carbocycles. The molecule has 0 unspecified atom stereocenters. The Morgan fingerprint density at radius 3 is 2.32 bits per heavy atom. The van der Waals surface area contributed by atoms with Crippen molar-refractivity contribution in [3.8, 4) is 17.2 Å². The van der Waals surface area contributed by atoms with Gasteiger partial charge in [0.2, 0.25) is 10.0 Å². The second kappa shape index (κ2) is 13.1. The molecule has 0 saturated heterocycles. The number of rotatable bonds is 12. The highest BCUT2D eigenvalue weighted by molar-refractivity contribution is 7.89. The van der Waals surface area contributed by atoms with E-state index in [1.165, 1.54) is 13.2 Å². The maximum atomic E-state index is 13.0. The van der Waals surface area contributed by atoms with Crippen LogP contribution in [0.5, 0.6) is 17.2 Å². The van der Waals surface area contributed by atoms with E-state index < -0.39 is 20.7 Å². The molecule has 214 valence electrons. The number of methoxy groups -OCH3 is 1. The number of hydrogen-bond acceptors (Lipinski definition) is 7. The van der Waals surface area contributed by atoms with Gasteiger partial charge in [-0.05, 0) is 54.1 Å². The maximum absolute atomic E-state index is 13.0. The fourth-order valence-corrected chi connectivity index (χ4v) is 5.80. The van der Waals surface area contributed by atoms with Gasteiger partial charge in [-0.1, -0.05) is 53.5 Å². The van der Waals surface area contributed by atoms with Crippen molar-refractivity contribution in [1.29, 1.82) is 5.41 Å². The Balaban J connectivity index is 1.60.